The van der Waals surface area contributed by atoms with Gasteiger partial charge >= 0.3 is 0 Å². The standard InChI is InChI=1S/C12H15ClN4.C6H3BrClN3/c1-12(2)4-3-6-16(12)9-8-10(13)15-17-7-5-14-11(9)17;7-4-3-5(8)10-11-2-1-9-6(4)11/h5,7-8H,3-4,6H2,1-2H3;1-3H. The third-order valence-electron chi connectivity index (χ3n) is 4.79. The summed E-state index contributed by atoms with van der Waals surface area (Å²) in [5, 5.41) is 9.15. The van der Waals surface area contributed by atoms with Gasteiger partial charge in [0.15, 0.2) is 21.6 Å². The number of aromatic nitrogens is 6. The van der Waals surface area contributed by atoms with Gasteiger partial charge in [-0.05, 0) is 48.7 Å². The minimum Gasteiger partial charge on any atom is -0.363 e. The first-order valence-corrected chi connectivity index (χ1v) is 10.3. The second kappa shape index (κ2) is 7.50. The molecule has 0 radical (unpaired) electrons. The van der Waals surface area contributed by atoms with Crippen molar-refractivity contribution in [3.8, 4) is 0 Å². The van der Waals surface area contributed by atoms with Crippen molar-refractivity contribution in [1.29, 1.82) is 0 Å². The average molecular weight is 483 g/mol. The lowest BCUT2D eigenvalue weighted by Crippen LogP contribution is -2.38. The Hall–Kier alpha value is -1.90. The molecule has 1 saturated heterocycles. The van der Waals surface area contributed by atoms with E-state index in [1.54, 1.807) is 33.7 Å². The van der Waals surface area contributed by atoms with Gasteiger partial charge in [0.05, 0.1) is 10.2 Å². The van der Waals surface area contributed by atoms with Crippen LogP contribution in [0.1, 0.15) is 26.7 Å². The molecular formula is C18H18BrCl2N7. The van der Waals surface area contributed by atoms with Crippen LogP contribution in [0.25, 0.3) is 11.3 Å². The van der Waals surface area contributed by atoms with Crippen molar-refractivity contribution in [3.63, 3.8) is 0 Å². The van der Waals surface area contributed by atoms with E-state index in [9.17, 15) is 0 Å². The monoisotopic (exact) mass is 481 g/mol. The molecule has 5 rings (SSSR count). The van der Waals surface area contributed by atoms with Crippen LogP contribution in [-0.4, -0.2) is 41.3 Å². The van der Waals surface area contributed by atoms with Crippen molar-refractivity contribution in [2.45, 2.75) is 32.2 Å². The molecule has 0 aliphatic carbocycles. The zero-order chi connectivity index (χ0) is 19.9. The number of rotatable bonds is 1. The quantitative estimate of drug-likeness (QED) is 0.385. The Bertz CT molecular complexity index is 1140. The van der Waals surface area contributed by atoms with Gasteiger partial charge in [0.25, 0.3) is 0 Å². The van der Waals surface area contributed by atoms with Crippen LogP contribution in [0.2, 0.25) is 10.3 Å². The fourth-order valence-corrected chi connectivity index (χ4v) is 4.48. The summed E-state index contributed by atoms with van der Waals surface area (Å²) in [6, 6.07) is 3.63. The number of hydrogen-bond donors (Lipinski definition) is 0. The summed E-state index contributed by atoms with van der Waals surface area (Å²) in [7, 11) is 0. The Morgan fingerprint density at radius 1 is 0.964 bits per heavy atom. The van der Waals surface area contributed by atoms with Crippen LogP contribution in [0.5, 0.6) is 0 Å². The molecule has 4 aromatic heterocycles. The van der Waals surface area contributed by atoms with E-state index in [0.29, 0.717) is 10.3 Å². The van der Waals surface area contributed by atoms with Gasteiger partial charge < -0.3 is 4.90 Å². The number of hydrogen-bond acceptors (Lipinski definition) is 5. The summed E-state index contributed by atoms with van der Waals surface area (Å²) in [4.78, 5) is 10.8. The van der Waals surface area contributed by atoms with E-state index >= 15 is 0 Å². The SMILES string of the molecule is CC1(C)CCCN1c1cc(Cl)nn2ccnc12.Clc1cc(Br)c2nccn2n1. The van der Waals surface area contributed by atoms with Crippen LogP contribution < -0.4 is 4.90 Å². The van der Waals surface area contributed by atoms with Crippen molar-refractivity contribution in [3.05, 3.63) is 51.7 Å². The lowest BCUT2D eigenvalue weighted by molar-refractivity contribution is 0.518. The molecule has 0 saturated carbocycles. The molecular weight excluding hydrogens is 465 g/mol. The highest BCUT2D eigenvalue weighted by molar-refractivity contribution is 9.10. The van der Waals surface area contributed by atoms with Gasteiger partial charge in [-0.25, -0.2) is 19.0 Å². The van der Waals surface area contributed by atoms with Crippen LogP contribution in [0.15, 0.2) is 41.4 Å². The van der Waals surface area contributed by atoms with E-state index in [1.165, 1.54) is 12.8 Å². The third-order valence-corrected chi connectivity index (χ3v) is 5.74. The van der Waals surface area contributed by atoms with Crippen LogP contribution in [-0.2, 0) is 0 Å². The smallest absolute Gasteiger partial charge is 0.177 e. The zero-order valence-electron chi connectivity index (χ0n) is 15.3. The summed E-state index contributed by atoms with van der Waals surface area (Å²) in [5.41, 5.74) is 2.90. The molecule has 0 atom stereocenters. The highest BCUT2D eigenvalue weighted by Gasteiger charge is 2.33. The minimum absolute atomic E-state index is 0.164. The van der Waals surface area contributed by atoms with Crippen molar-refractivity contribution >= 4 is 56.1 Å². The highest BCUT2D eigenvalue weighted by atomic mass is 79.9. The number of imidazole rings is 2. The van der Waals surface area contributed by atoms with Crippen molar-refractivity contribution in [1.82, 2.24) is 29.2 Å². The molecule has 0 spiro atoms. The first kappa shape index (κ1) is 19.4. The Kier molecular flexibility index (Phi) is 5.20. The molecule has 0 bridgehead atoms. The highest BCUT2D eigenvalue weighted by Crippen LogP contribution is 2.36. The maximum absolute atomic E-state index is 6.07. The Labute approximate surface area is 180 Å². The molecule has 1 aliphatic rings. The van der Waals surface area contributed by atoms with Gasteiger partial charge in [0, 0.05) is 42.9 Å². The van der Waals surface area contributed by atoms with Crippen molar-refractivity contribution < 1.29 is 0 Å². The molecule has 10 heteroatoms. The van der Waals surface area contributed by atoms with E-state index < -0.39 is 0 Å². The fourth-order valence-electron chi connectivity index (χ4n) is 3.47. The predicted octanol–water partition coefficient (Wildman–Crippen LogP) is 4.91. The van der Waals surface area contributed by atoms with Gasteiger partial charge in [-0.15, -0.1) is 0 Å². The van der Waals surface area contributed by atoms with E-state index in [1.807, 2.05) is 12.3 Å². The predicted molar refractivity (Wildman–Crippen MR) is 114 cm³/mol. The Balaban J connectivity index is 0.000000151. The summed E-state index contributed by atoms with van der Waals surface area (Å²) in [6.07, 6.45) is 9.40. The molecule has 1 aliphatic heterocycles. The molecule has 1 fully saturated rings. The minimum atomic E-state index is 0.164. The van der Waals surface area contributed by atoms with E-state index in [4.69, 9.17) is 23.2 Å². The van der Waals surface area contributed by atoms with Gasteiger partial charge in [-0.2, -0.15) is 10.2 Å². The normalized spacial score (nSPS) is 15.8. The largest absolute Gasteiger partial charge is 0.363 e. The fraction of sp³-hybridized carbons (Fsp3) is 0.333. The number of nitrogens with zero attached hydrogens (tertiary/aromatic N) is 7. The molecule has 5 heterocycles. The summed E-state index contributed by atoms with van der Waals surface area (Å²) < 4.78 is 4.21. The second-order valence-electron chi connectivity index (χ2n) is 7.13. The zero-order valence-corrected chi connectivity index (χ0v) is 18.4. The van der Waals surface area contributed by atoms with Gasteiger partial charge in [0.2, 0.25) is 0 Å². The molecule has 0 unspecified atom stereocenters. The van der Waals surface area contributed by atoms with Crippen LogP contribution >= 0.6 is 39.1 Å². The lowest BCUT2D eigenvalue weighted by Gasteiger charge is -2.33. The topological polar surface area (TPSA) is 63.6 Å². The maximum atomic E-state index is 6.07. The molecule has 0 amide bonds. The number of anilines is 1. The molecule has 0 aromatic carbocycles. The average Bonchev–Trinajstić information content (AvgIpc) is 3.33. The lowest BCUT2D eigenvalue weighted by atomic mass is 10.0. The van der Waals surface area contributed by atoms with E-state index in [2.05, 4.69) is 54.8 Å². The maximum Gasteiger partial charge on any atom is 0.177 e. The van der Waals surface area contributed by atoms with Crippen molar-refractivity contribution in [2.75, 3.05) is 11.4 Å². The summed E-state index contributed by atoms with van der Waals surface area (Å²) in [5.74, 6) is 0. The van der Waals surface area contributed by atoms with E-state index in [-0.39, 0.29) is 5.54 Å². The molecule has 4 aromatic rings. The third kappa shape index (κ3) is 3.68. The Morgan fingerprint density at radius 3 is 2.21 bits per heavy atom. The van der Waals surface area contributed by atoms with Crippen LogP contribution in [0.3, 0.4) is 0 Å². The molecule has 0 N–H and O–H groups in total. The number of halogens is 3. The molecule has 28 heavy (non-hydrogen) atoms. The van der Waals surface area contributed by atoms with Crippen molar-refractivity contribution in [2.24, 2.45) is 0 Å². The van der Waals surface area contributed by atoms with Crippen LogP contribution in [0.4, 0.5) is 5.69 Å². The molecule has 7 nitrogen and oxygen atoms in total. The first-order chi connectivity index (χ1) is 13.3. The Morgan fingerprint density at radius 2 is 1.57 bits per heavy atom. The van der Waals surface area contributed by atoms with Gasteiger partial charge in [-0.3, -0.25) is 0 Å². The first-order valence-electron chi connectivity index (χ1n) is 8.78. The van der Waals surface area contributed by atoms with Gasteiger partial charge in [0.1, 0.15) is 0 Å². The second-order valence-corrected chi connectivity index (χ2v) is 8.75. The van der Waals surface area contributed by atoms with Gasteiger partial charge in [-0.1, -0.05) is 23.2 Å². The summed E-state index contributed by atoms with van der Waals surface area (Å²) >= 11 is 15.1. The number of fused-ring (bicyclic) bond motifs is 2. The summed E-state index contributed by atoms with van der Waals surface area (Å²) in [6.45, 7) is 5.57. The van der Waals surface area contributed by atoms with E-state index in [0.717, 1.165) is 28.0 Å². The molecule has 146 valence electrons. The van der Waals surface area contributed by atoms with Crippen LogP contribution in [0, 0.1) is 0 Å².